The molecule has 0 radical (unpaired) electrons. The molecule has 29 heavy (non-hydrogen) atoms. The molecule has 2 aromatic rings. The third-order valence-corrected chi connectivity index (χ3v) is 8.40. The summed E-state index contributed by atoms with van der Waals surface area (Å²) >= 11 is 12.3. The number of carbonyl (C=O) groups is 1. The van der Waals surface area contributed by atoms with Gasteiger partial charge in [-0.05, 0) is 53.2 Å². The zero-order valence-corrected chi connectivity index (χ0v) is 19.7. The molecule has 2 aromatic carbocycles. The van der Waals surface area contributed by atoms with Gasteiger partial charge in [0.25, 0.3) is 0 Å². The van der Waals surface area contributed by atoms with Crippen LogP contribution < -0.4 is 4.31 Å². The molecule has 6 nitrogen and oxygen atoms in total. The lowest BCUT2D eigenvalue weighted by molar-refractivity contribution is 0.103. The summed E-state index contributed by atoms with van der Waals surface area (Å²) in [5, 5.41) is -1.69. The number of carbonyl (C=O) groups excluding carboxylic acids is 1. The van der Waals surface area contributed by atoms with Crippen LogP contribution in [0.15, 0.2) is 34.8 Å². The third kappa shape index (κ3) is 5.18. The molecule has 0 aromatic heterocycles. The summed E-state index contributed by atoms with van der Waals surface area (Å²) < 4.78 is 61.8. The minimum absolute atomic E-state index is 0.0174. The zero-order valence-electron chi connectivity index (χ0n) is 15.0. The van der Waals surface area contributed by atoms with Crippen LogP contribution in [0.2, 0.25) is 10.0 Å². The van der Waals surface area contributed by atoms with E-state index in [1.54, 1.807) is 0 Å². The monoisotopic (exact) mass is 544 g/mol. The first-order valence-electron chi connectivity index (χ1n) is 7.99. The minimum Gasteiger partial charge on any atom is -0.755 e. The molecule has 158 valence electrons. The maximum atomic E-state index is 13.2. The van der Waals surface area contributed by atoms with E-state index in [1.807, 2.05) is 0 Å². The lowest BCUT2D eigenvalue weighted by Gasteiger charge is -2.32. The predicted molar refractivity (Wildman–Crippen MR) is 114 cm³/mol. The molecule has 0 N–H and O–H groups in total. The largest absolute Gasteiger partial charge is 0.755 e. The first-order chi connectivity index (χ1) is 13.4. The van der Waals surface area contributed by atoms with Crippen molar-refractivity contribution >= 4 is 71.7 Å². The van der Waals surface area contributed by atoms with Gasteiger partial charge in [0.15, 0.2) is 15.6 Å². The fourth-order valence-corrected chi connectivity index (χ4v) is 5.60. The molecular weight excluding hydrogens is 532 g/mol. The fraction of sp³-hybridized carbons (Fsp3) is 0.235. The molecule has 0 aliphatic heterocycles. The minimum atomic E-state index is -3.76. The Balaban J connectivity index is 2.57. The highest BCUT2D eigenvalue weighted by molar-refractivity contribution is 9.10. The van der Waals surface area contributed by atoms with Gasteiger partial charge in [0.05, 0.1) is 15.7 Å². The average Bonchev–Trinajstić information content (AvgIpc) is 2.63. The number of halogens is 4. The Morgan fingerprint density at radius 1 is 1.24 bits per heavy atom. The molecule has 2 rings (SSSR count). The van der Waals surface area contributed by atoms with E-state index in [2.05, 4.69) is 15.9 Å². The second-order valence-electron chi connectivity index (χ2n) is 5.83. The summed E-state index contributed by atoms with van der Waals surface area (Å²) in [6.45, 7) is 2.61. The highest BCUT2D eigenvalue weighted by atomic mass is 79.9. The van der Waals surface area contributed by atoms with Crippen LogP contribution in [0, 0.1) is 5.82 Å². The summed E-state index contributed by atoms with van der Waals surface area (Å²) in [6, 6.07) is 5.68. The van der Waals surface area contributed by atoms with E-state index in [4.69, 9.17) is 23.2 Å². The molecule has 0 bridgehead atoms. The summed E-state index contributed by atoms with van der Waals surface area (Å²) in [4.78, 5) is 12.8. The quantitative estimate of drug-likeness (QED) is 0.377. The average molecular weight is 546 g/mol. The Labute approximate surface area is 188 Å². The predicted octanol–water partition coefficient (Wildman–Crippen LogP) is 4.51. The van der Waals surface area contributed by atoms with E-state index >= 15 is 0 Å². The number of hydrogen-bond acceptors (Lipinski definition) is 5. The molecule has 0 amide bonds. The van der Waals surface area contributed by atoms with E-state index < -0.39 is 38.1 Å². The van der Waals surface area contributed by atoms with Crippen molar-refractivity contribution in [1.82, 2.24) is 0 Å². The van der Waals surface area contributed by atoms with Gasteiger partial charge in [0.2, 0.25) is 0 Å². The van der Waals surface area contributed by atoms with Crippen molar-refractivity contribution in [2.75, 3.05) is 10.1 Å². The maximum Gasteiger partial charge on any atom is 0.195 e. The number of nitrogens with zero attached hydrogens (tertiary/aromatic N) is 1. The standard InChI is InChI=1S/C17H15BrCl2FNO5S2/c1-3-29(26,27)9(2)22(28(24)25)16-8-13(18)12(7-15(16)20)17(23)11-5-4-10(21)6-14(11)19/h4-9H,3H2,1-2H3,(H,24,25)/p-1. The molecule has 0 spiro atoms. The Bertz CT molecular complexity index is 1100. The maximum absolute atomic E-state index is 13.2. The third-order valence-electron chi connectivity index (χ3n) is 4.11. The van der Waals surface area contributed by atoms with Crippen molar-refractivity contribution in [3.63, 3.8) is 0 Å². The van der Waals surface area contributed by atoms with Gasteiger partial charge >= 0.3 is 0 Å². The van der Waals surface area contributed by atoms with Crippen LogP contribution in [0.4, 0.5) is 10.1 Å². The summed E-state index contributed by atoms with van der Waals surface area (Å²) in [7, 11) is -3.76. The number of ketones is 1. The van der Waals surface area contributed by atoms with Crippen LogP contribution in [0.25, 0.3) is 0 Å². The van der Waals surface area contributed by atoms with Gasteiger partial charge in [0, 0.05) is 32.6 Å². The van der Waals surface area contributed by atoms with Crippen molar-refractivity contribution < 1.29 is 26.4 Å². The molecule has 0 fully saturated rings. The van der Waals surface area contributed by atoms with Crippen LogP contribution in [0.3, 0.4) is 0 Å². The molecule has 0 saturated heterocycles. The van der Waals surface area contributed by atoms with E-state index in [1.165, 1.54) is 32.0 Å². The van der Waals surface area contributed by atoms with Gasteiger partial charge in [-0.25, -0.2) is 12.8 Å². The van der Waals surface area contributed by atoms with Crippen LogP contribution in [0.1, 0.15) is 29.8 Å². The van der Waals surface area contributed by atoms with Crippen molar-refractivity contribution in [3.05, 3.63) is 61.8 Å². The van der Waals surface area contributed by atoms with Crippen LogP contribution in [0.5, 0.6) is 0 Å². The van der Waals surface area contributed by atoms with Crippen LogP contribution in [-0.4, -0.2) is 34.1 Å². The van der Waals surface area contributed by atoms with Gasteiger partial charge in [-0.15, -0.1) is 0 Å². The van der Waals surface area contributed by atoms with Gasteiger partial charge in [0.1, 0.15) is 11.2 Å². The van der Waals surface area contributed by atoms with Crippen molar-refractivity contribution in [2.24, 2.45) is 0 Å². The lowest BCUT2D eigenvalue weighted by Crippen LogP contribution is -2.41. The van der Waals surface area contributed by atoms with Crippen molar-refractivity contribution in [2.45, 2.75) is 19.2 Å². The molecule has 2 atom stereocenters. The summed E-state index contributed by atoms with van der Waals surface area (Å²) in [5.74, 6) is -1.47. The fourth-order valence-electron chi connectivity index (χ4n) is 2.48. The first kappa shape index (κ1) is 24.2. The van der Waals surface area contributed by atoms with Gasteiger partial charge in [-0.2, -0.15) is 0 Å². The van der Waals surface area contributed by atoms with Crippen LogP contribution in [-0.2, 0) is 21.1 Å². The second-order valence-corrected chi connectivity index (χ2v) is 10.9. The van der Waals surface area contributed by atoms with Crippen molar-refractivity contribution in [3.8, 4) is 0 Å². The molecule has 12 heteroatoms. The SMILES string of the molecule is CCS(=O)(=O)C(C)N(c1cc(Br)c(C(=O)c2ccc(F)cc2Cl)cc1Cl)S(=O)[O-]. The van der Waals surface area contributed by atoms with Gasteiger partial charge in [-0.1, -0.05) is 30.1 Å². The van der Waals surface area contributed by atoms with E-state index in [0.717, 1.165) is 12.1 Å². The number of benzene rings is 2. The lowest BCUT2D eigenvalue weighted by atomic mass is 10.0. The smallest absolute Gasteiger partial charge is 0.195 e. The van der Waals surface area contributed by atoms with Gasteiger partial charge < -0.3 is 4.55 Å². The Kier molecular flexibility index (Phi) is 7.86. The van der Waals surface area contributed by atoms with Crippen LogP contribution >= 0.6 is 39.1 Å². The highest BCUT2D eigenvalue weighted by Crippen LogP contribution is 2.36. The Morgan fingerprint density at radius 2 is 1.86 bits per heavy atom. The highest BCUT2D eigenvalue weighted by Gasteiger charge is 2.29. The molecule has 0 aliphatic carbocycles. The topological polar surface area (TPSA) is 94.6 Å². The van der Waals surface area contributed by atoms with Gasteiger partial charge in [-0.3, -0.25) is 13.3 Å². The first-order valence-corrected chi connectivity index (χ1v) is 12.3. The van der Waals surface area contributed by atoms with E-state index in [0.29, 0.717) is 4.31 Å². The molecular formula is C17H14BrCl2FNO5S2-. The second kappa shape index (κ2) is 9.40. The molecule has 2 unspecified atom stereocenters. The van der Waals surface area contributed by atoms with E-state index in [9.17, 15) is 26.4 Å². The molecule has 0 heterocycles. The number of sulfone groups is 1. The number of hydrogen-bond donors (Lipinski definition) is 0. The molecule has 0 saturated carbocycles. The molecule has 0 aliphatic rings. The normalized spacial score (nSPS) is 13.8. The Morgan fingerprint density at radius 3 is 2.38 bits per heavy atom. The number of rotatable bonds is 7. The zero-order chi connectivity index (χ0) is 22.1. The van der Waals surface area contributed by atoms with Crippen molar-refractivity contribution in [1.29, 1.82) is 0 Å². The summed E-state index contributed by atoms with van der Waals surface area (Å²) in [6.07, 6.45) is 0. The number of anilines is 1. The summed E-state index contributed by atoms with van der Waals surface area (Å²) in [5.41, 5.74) is -0.0724. The van der Waals surface area contributed by atoms with E-state index in [-0.39, 0.29) is 37.1 Å². The Hall–Kier alpha value is -1.04.